The van der Waals surface area contributed by atoms with Crippen LogP contribution >= 0.6 is 0 Å². The number of anilines is 1. The lowest BCUT2D eigenvalue weighted by atomic mass is 10.2. The number of nitrogen functional groups attached to an aromatic ring is 1. The summed E-state index contributed by atoms with van der Waals surface area (Å²) in [5.74, 6) is -0.264. The quantitative estimate of drug-likeness (QED) is 0.787. The molecule has 0 spiro atoms. The molecule has 0 saturated carbocycles. The van der Waals surface area contributed by atoms with Crippen LogP contribution in [0.5, 0.6) is 0 Å². The zero-order valence-electron chi connectivity index (χ0n) is 12.1. The van der Waals surface area contributed by atoms with E-state index in [4.69, 9.17) is 5.73 Å². The van der Waals surface area contributed by atoms with Crippen LogP contribution in [0.15, 0.2) is 30.6 Å². The first-order valence-electron chi connectivity index (χ1n) is 6.58. The fourth-order valence-electron chi connectivity index (χ4n) is 2.43. The van der Waals surface area contributed by atoms with Gasteiger partial charge in [-0.15, -0.1) is 0 Å². The monoisotopic (exact) mass is 285 g/mol. The van der Waals surface area contributed by atoms with Crippen LogP contribution in [0, 0.1) is 19.7 Å². The Morgan fingerprint density at radius 2 is 1.90 bits per heavy atom. The van der Waals surface area contributed by atoms with Gasteiger partial charge in [-0.1, -0.05) is 0 Å². The molecule has 6 heteroatoms. The van der Waals surface area contributed by atoms with Crippen LogP contribution in [0.4, 0.5) is 10.1 Å². The van der Waals surface area contributed by atoms with E-state index in [9.17, 15) is 4.39 Å². The Labute approximate surface area is 121 Å². The van der Waals surface area contributed by atoms with Gasteiger partial charge in [0, 0.05) is 18.8 Å². The van der Waals surface area contributed by atoms with Crippen LogP contribution in [0.1, 0.15) is 11.3 Å². The Bertz CT molecular complexity index is 816. The molecule has 1 aromatic carbocycles. The summed E-state index contributed by atoms with van der Waals surface area (Å²) < 4.78 is 16.6. The maximum atomic E-state index is 13.2. The van der Waals surface area contributed by atoms with Crippen molar-refractivity contribution in [2.45, 2.75) is 13.8 Å². The summed E-state index contributed by atoms with van der Waals surface area (Å²) in [5, 5.41) is 8.83. The summed E-state index contributed by atoms with van der Waals surface area (Å²) in [6, 6.07) is 4.58. The Morgan fingerprint density at radius 1 is 1.14 bits per heavy atom. The van der Waals surface area contributed by atoms with Crippen LogP contribution < -0.4 is 5.73 Å². The Balaban J connectivity index is 2.11. The molecule has 3 aromatic rings. The molecule has 2 aromatic heterocycles. The van der Waals surface area contributed by atoms with Crippen molar-refractivity contribution in [3.8, 4) is 16.9 Å². The summed E-state index contributed by atoms with van der Waals surface area (Å²) in [4.78, 5) is 0. The third kappa shape index (κ3) is 2.29. The van der Waals surface area contributed by atoms with E-state index >= 15 is 0 Å². The van der Waals surface area contributed by atoms with Crippen molar-refractivity contribution in [1.82, 2.24) is 19.6 Å². The first kappa shape index (κ1) is 13.4. The molecule has 0 bridgehead atoms. The highest BCUT2D eigenvalue weighted by Crippen LogP contribution is 2.28. The van der Waals surface area contributed by atoms with Crippen LogP contribution in [0.2, 0.25) is 0 Å². The lowest BCUT2D eigenvalue weighted by molar-refractivity contribution is 0.625. The van der Waals surface area contributed by atoms with E-state index in [0.717, 1.165) is 22.5 Å². The zero-order chi connectivity index (χ0) is 15.1. The van der Waals surface area contributed by atoms with Crippen LogP contribution in [0.25, 0.3) is 16.9 Å². The van der Waals surface area contributed by atoms with Crippen molar-refractivity contribution in [2.75, 3.05) is 5.73 Å². The van der Waals surface area contributed by atoms with E-state index in [2.05, 4.69) is 10.2 Å². The molecule has 0 aliphatic heterocycles. The molecule has 21 heavy (non-hydrogen) atoms. The number of hydrogen-bond acceptors (Lipinski definition) is 3. The standard InChI is InChI=1S/C15H16FN5/c1-9-6-11(16)4-5-14(9)21-8-13(17)15(19-21)12-7-20(3)18-10(12)2/h4-8H,17H2,1-3H3. The number of nitrogens with two attached hydrogens (primary N) is 1. The van der Waals surface area contributed by atoms with Crippen molar-refractivity contribution >= 4 is 5.69 Å². The molecule has 0 atom stereocenters. The van der Waals surface area contributed by atoms with Gasteiger partial charge in [0.05, 0.1) is 23.3 Å². The highest BCUT2D eigenvalue weighted by Gasteiger charge is 2.15. The number of hydrogen-bond donors (Lipinski definition) is 1. The third-order valence-electron chi connectivity index (χ3n) is 3.42. The molecule has 0 radical (unpaired) electrons. The highest BCUT2D eigenvalue weighted by molar-refractivity contribution is 5.73. The second kappa shape index (κ2) is 4.73. The number of nitrogens with zero attached hydrogens (tertiary/aromatic N) is 4. The van der Waals surface area contributed by atoms with Gasteiger partial charge in [0.25, 0.3) is 0 Å². The maximum absolute atomic E-state index is 13.2. The second-order valence-electron chi connectivity index (χ2n) is 5.11. The zero-order valence-corrected chi connectivity index (χ0v) is 12.1. The van der Waals surface area contributed by atoms with Crippen LogP contribution in [-0.4, -0.2) is 19.6 Å². The minimum atomic E-state index is -0.264. The van der Waals surface area contributed by atoms with E-state index in [1.165, 1.54) is 12.1 Å². The largest absolute Gasteiger partial charge is 0.396 e. The average molecular weight is 285 g/mol. The van der Waals surface area contributed by atoms with Gasteiger partial charge in [-0.3, -0.25) is 4.68 Å². The normalized spacial score (nSPS) is 11.0. The third-order valence-corrected chi connectivity index (χ3v) is 3.42. The van der Waals surface area contributed by atoms with E-state index in [1.54, 1.807) is 21.6 Å². The van der Waals surface area contributed by atoms with Crippen molar-refractivity contribution in [1.29, 1.82) is 0 Å². The molecule has 108 valence electrons. The topological polar surface area (TPSA) is 61.7 Å². The Morgan fingerprint density at radius 3 is 2.52 bits per heavy atom. The van der Waals surface area contributed by atoms with Crippen LogP contribution in [0.3, 0.4) is 0 Å². The predicted octanol–water partition coefficient (Wildman–Crippen LogP) is 2.61. The van der Waals surface area contributed by atoms with E-state index in [1.807, 2.05) is 27.1 Å². The van der Waals surface area contributed by atoms with E-state index in [0.29, 0.717) is 11.4 Å². The molecule has 0 aliphatic carbocycles. The number of benzene rings is 1. The van der Waals surface area contributed by atoms with E-state index in [-0.39, 0.29) is 5.82 Å². The molecular weight excluding hydrogens is 269 g/mol. The number of rotatable bonds is 2. The van der Waals surface area contributed by atoms with Gasteiger partial charge in [-0.2, -0.15) is 10.2 Å². The smallest absolute Gasteiger partial charge is 0.123 e. The average Bonchev–Trinajstić information content (AvgIpc) is 2.92. The summed E-state index contributed by atoms with van der Waals surface area (Å²) in [6.07, 6.45) is 3.62. The minimum absolute atomic E-state index is 0.264. The van der Waals surface area contributed by atoms with Gasteiger partial charge >= 0.3 is 0 Å². The number of halogens is 1. The highest BCUT2D eigenvalue weighted by atomic mass is 19.1. The molecule has 0 saturated heterocycles. The van der Waals surface area contributed by atoms with Crippen molar-refractivity contribution in [3.05, 3.63) is 47.7 Å². The molecule has 0 amide bonds. The van der Waals surface area contributed by atoms with Gasteiger partial charge in [0.2, 0.25) is 0 Å². The summed E-state index contributed by atoms with van der Waals surface area (Å²) in [7, 11) is 1.85. The van der Waals surface area contributed by atoms with Crippen LogP contribution in [-0.2, 0) is 7.05 Å². The molecule has 2 heterocycles. The van der Waals surface area contributed by atoms with Gasteiger partial charge < -0.3 is 5.73 Å². The first-order chi connectivity index (χ1) is 9.95. The van der Waals surface area contributed by atoms with Gasteiger partial charge in [0.15, 0.2) is 0 Å². The van der Waals surface area contributed by atoms with Crippen molar-refractivity contribution in [2.24, 2.45) is 7.05 Å². The lowest BCUT2D eigenvalue weighted by Gasteiger charge is -2.05. The number of aromatic nitrogens is 4. The van der Waals surface area contributed by atoms with Crippen molar-refractivity contribution < 1.29 is 4.39 Å². The Kier molecular flexibility index (Phi) is 3.01. The van der Waals surface area contributed by atoms with Gasteiger partial charge in [-0.25, -0.2) is 9.07 Å². The van der Waals surface area contributed by atoms with E-state index < -0.39 is 0 Å². The summed E-state index contributed by atoms with van der Waals surface area (Å²) >= 11 is 0. The van der Waals surface area contributed by atoms with Gasteiger partial charge in [-0.05, 0) is 37.6 Å². The first-order valence-corrected chi connectivity index (χ1v) is 6.58. The SMILES string of the molecule is Cc1cc(F)ccc1-n1cc(N)c(-c2cn(C)nc2C)n1. The Hall–Kier alpha value is -2.63. The fourth-order valence-corrected chi connectivity index (χ4v) is 2.43. The maximum Gasteiger partial charge on any atom is 0.123 e. The second-order valence-corrected chi connectivity index (χ2v) is 5.11. The molecule has 3 rings (SSSR count). The molecule has 0 aliphatic rings. The summed E-state index contributed by atoms with van der Waals surface area (Å²) in [6.45, 7) is 3.75. The lowest BCUT2D eigenvalue weighted by Crippen LogP contribution is -1.98. The van der Waals surface area contributed by atoms with Crippen molar-refractivity contribution in [3.63, 3.8) is 0 Å². The molecule has 2 N–H and O–H groups in total. The van der Waals surface area contributed by atoms with Gasteiger partial charge in [0.1, 0.15) is 11.5 Å². The molecule has 0 unspecified atom stereocenters. The fraction of sp³-hybridized carbons (Fsp3) is 0.200. The molecule has 5 nitrogen and oxygen atoms in total. The predicted molar refractivity (Wildman–Crippen MR) is 79.6 cm³/mol. The molecule has 0 fully saturated rings. The molecular formula is C15H16FN5. The summed E-state index contributed by atoms with van der Waals surface area (Å²) in [5.41, 5.74) is 10.7. The minimum Gasteiger partial charge on any atom is -0.396 e. The number of aryl methyl sites for hydroxylation is 3.